The average molecular weight is 296 g/mol. The van der Waals surface area contributed by atoms with E-state index in [2.05, 4.69) is 4.18 Å². The molecule has 1 unspecified atom stereocenters. The van der Waals surface area contributed by atoms with Crippen LogP contribution in [0.15, 0.2) is 12.1 Å². The molecule has 108 valence electrons. The van der Waals surface area contributed by atoms with Gasteiger partial charge in [-0.2, -0.15) is 21.6 Å². The van der Waals surface area contributed by atoms with Crippen molar-refractivity contribution in [2.45, 2.75) is 39.3 Å². The molecular weight excluding hydrogens is 281 g/mol. The molecule has 0 spiro atoms. The Morgan fingerprint density at radius 1 is 1.11 bits per heavy atom. The summed E-state index contributed by atoms with van der Waals surface area (Å²) < 4.78 is 63.0. The number of aryl methyl sites for hydroxylation is 3. The van der Waals surface area contributed by atoms with Gasteiger partial charge in [0.25, 0.3) is 0 Å². The molecule has 19 heavy (non-hydrogen) atoms. The molecule has 0 aromatic heterocycles. The Labute approximate surface area is 110 Å². The molecule has 0 fully saturated rings. The maximum atomic E-state index is 12.3. The van der Waals surface area contributed by atoms with Crippen molar-refractivity contribution < 1.29 is 25.8 Å². The molecular formula is C12H15F3O3S. The summed E-state index contributed by atoms with van der Waals surface area (Å²) >= 11 is 0. The molecule has 0 N–H and O–H groups in total. The summed E-state index contributed by atoms with van der Waals surface area (Å²) in [5, 5.41) is 0. The third-order valence-electron chi connectivity index (χ3n) is 2.70. The van der Waals surface area contributed by atoms with Gasteiger partial charge in [0.1, 0.15) is 6.10 Å². The molecule has 0 bridgehead atoms. The van der Waals surface area contributed by atoms with Crippen molar-refractivity contribution in [1.82, 2.24) is 0 Å². The summed E-state index contributed by atoms with van der Waals surface area (Å²) in [7, 11) is -5.59. The van der Waals surface area contributed by atoms with E-state index in [9.17, 15) is 21.6 Å². The van der Waals surface area contributed by atoms with Crippen LogP contribution in [0.5, 0.6) is 0 Å². The molecule has 3 nitrogen and oxygen atoms in total. The third kappa shape index (κ3) is 3.48. The first-order chi connectivity index (χ1) is 8.45. The predicted molar refractivity (Wildman–Crippen MR) is 65.1 cm³/mol. The summed E-state index contributed by atoms with van der Waals surface area (Å²) in [4.78, 5) is 0. The van der Waals surface area contributed by atoms with E-state index in [1.165, 1.54) is 6.92 Å². The van der Waals surface area contributed by atoms with Crippen LogP contribution < -0.4 is 0 Å². The van der Waals surface area contributed by atoms with Crippen LogP contribution in [-0.4, -0.2) is 13.9 Å². The SMILES string of the molecule is Cc1cc(C)c(C(C)OS(=O)(=O)C(F)(F)F)c(C)c1. The Bertz CT molecular complexity index is 553. The summed E-state index contributed by atoms with van der Waals surface area (Å²) in [5.41, 5.74) is -2.61. The van der Waals surface area contributed by atoms with Crippen molar-refractivity contribution in [1.29, 1.82) is 0 Å². The van der Waals surface area contributed by atoms with Gasteiger partial charge in [0.2, 0.25) is 0 Å². The number of hydrogen-bond acceptors (Lipinski definition) is 3. The maximum absolute atomic E-state index is 12.3. The van der Waals surface area contributed by atoms with Crippen LogP contribution in [0.1, 0.15) is 35.3 Å². The molecule has 0 aliphatic rings. The molecule has 0 amide bonds. The second-order valence-corrected chi connectivity index (χ2v) is 6.01. The highest BCUT2D eigenvalue weighted by Crippen LogP contribution is 2.32. The van der Waals surface area contributed by atoms with Crippen molar-refractivity contribution >= 4 is 10.1 Å². The molecule has 0 heterocycles. The first-order valence-electron chi connectivity index (χ1n) is 5.53. The smallest absolute Gasteiger partial charge is 0.255 e. The van der Waals surface area contributed by atoms with Crippen LogP contribution in [0.25, 0.3) is 0 Å². The molecule has 7 heteroatoms. The van der Waals surface area contributed by atoms with Crippen molar-refractivity contribution in [3.63, 3.8) is 0 Å². The van der Waals surface area contributed by atoms with Gasteiger partial charge in [0, 0.05) is 0 Å². The first kappa shape index (κ1) is 16.0. The van der Waals surface area contributed by atoms with E-state index >= 15 is 0 Å². The summed E-state index contributed by atoms with van der Waals surface area (Å²) in [6, 6.07) is 3.53. The van der Waals surface area contributed by atoms with E-state index in [4.69, 9.17) is 0 Å². The Morgan fingerprint density at radius 2 is 1.53 bits per heavy atom. The zero-order chi connectivity index (χ0) is 15.0. The van der Waals surface area contributed by atoms with E-state index < -0.39 is 21.7 Å². The van der Waals surface area contributed by atoms with Gasteiger partial charge in [-0.15, -0.1) is 0 Å². The van der Waals surface area contributed by atoms with Gasteiger partial charge >= 0.3 is 15.6 Å². The lowest BCUT2D eigenvalue weighted by Gasteiger charge is -2.19. The fourth-order valence-electron chi connectivity index (χ4n) is 2.13. The molecule has 1 aromatic carbocycles. The highest BCUT2D eigenvalue weighted by Gasteiger charge is 2.48. The van der Waals surface area contributed by atoms with Gasteiger partial charge < -0.3 is 0 Å². The Kier molecular flexibility index (Phi) is 4.31. The molecule has 1 atom stereocenters. The van der Waals surface area contributed by atoms with Crippen LogP contribution in [0, 0.1) is 20.8 Å². The molecule has 0 aliphatic carbocycles. The normalized spacial score (nSPS) is 14.5. The van der Waals surface area contributed by atoms with Gasteiger partial charge in [-0.25, -0.2) is 0 Å². The molecule has 1 rings (SSSR count). The lowest BCUT2D eigenvalue weighted by molar-refractivity contribution is -0.0569. The fourth-order valence-corrected chi connectivity index (χ4v) is 2.71. The van der Waals surface area contributed by atoms with E-state index in [0.29, 0.717) is 16.7 Å². The largest absolute Gasteiger partial charge is 0.523 e. The number of halogens is 3. The van der Waals surface area contributed by atoms with Crippen LogP contribution in [-0.2, 0) is 14.3 Å². The van der Waals surface area contributed by atoms with Gasteiger partial charge in [0.05, 0.1) is 0 Å². The standard InChI is InChI=1S/C12H15F3O3S/c1-7-5-8(2)11(9(3)6-7)10(4)18-19(16,17)12(13,14)15/h5-6,10H,1-4H3. The summed E-state index contributed by atoms with van der Waals surface area (Å²) in [6.45, 7) is 6.54. The highest BCUT2D eigenvalue weighted by molar-refractivity contribution is 7.87. The zero-order valence-electron chi connectivity index (χ0n) is 11.0. The molecule has 0 saturated heterocycles. The Hall–Kier alpha value is -1.08. The zero-order valence-corrected chi connectivity index (χ0v) is 11.8. The molecule has 1 aromatic rings. The number of alkyl halides is 3. The van der Waals surface area contributed by atoms with E-state index in [1.54, 1.807) is 26.0 Å². The predicted octanol–water partition coefficient (Wildman–Crippen LogP) is 3.54. The second kappa shape index (κ2) is 5.13. The van der Waals surface area contributed by atoms with Crippen LogP contribution >= 0.6 is 0 Å². The van der Waals surface area contributed by atoms with E-state index in [1.807, 2.05) is 6.92 Å². The van der Waals surface area contributed by atoms with Gasteiger partial charge in [0.15, 0.2) is 0 Å². The Balaban J connectivity index is 3.14. The van der Waals surface area contributed by atoms with Crippen LogP contribution in [0.2, 0.25) is 0 Å². The van der Waals surface area contributed by atoms with Crippen LogP contribution in [0.3, 0.4) is 0 Å². The first-order valence-corrected chi connectivity index (χ1v) is 6.94. The minimum Gasteiger partial charge on any atom is -0.255 e. The number of rotatable bonds is 3. The molecule has 0 radical (unpaired) electrons. The third-order valence-corrected chi connectivity index (χ3v) is 3.81. The number of hydrogen-bond donors (Lipinski definition) is 0. The van der Waals surface area contributed by atoms with Gasteiger partial charge in [-0.05, 0) is 44.4 Å². The lowest BCUT2D eigenvalue weighted by atomic mass is 9.96. The van der Waals surface area contributed by atoms with Crippen molar-refractivity contribution in [3.05, 3.63) is 34.4 Å². The summed E-state index contributed by atoms with van der Waals surface area (Å²) in [6.07, 6.45) is -1.19. The summed E-state index contributed by atoms with van der Waals surface area (Å²) in [5.74, 6) is 0. The quantitative estimate of drug-likeness (QED) is 0.633. The highest BCUT2D eigenvalue weighted by atomic mass is 32.2. The Morgan fingerprint density at radius 3 is 1.89 bits per heavy atom. The minimum absolute atomic E-state index is 0.457. The van der Waals surface area contributed by atoms with Crippen molar-refractivity contribution in [2.24, 2.45) is 0 Å². The average Bonchev–Trinajstić information content (AvgIpc) is 2.12. The fraction of sp³-hybridized carbons (Fsp3) is 0.500. The van der Waals surface area contributed by atoms with Gasteiger partial charge in [-0.3, -0.25) is 4.18 Å². The topological polar surface area (TPSA) is 43.4 Å². The number of benzene rings is 1. The van der Waals surface area contributed by atoms with E-state index in [0.717, 1.165) is 5.56 Å². The monoisotopic (exact) mass is 296 g/mol. The lowest BCUT2D eigenvalue weighted by Crippen LogP contribution is -2.27. The van der Waals surface area contributed by atoms with Gasteiger partial charge in [-0.1, -0.05) is 17.7 Å². The van der Waals surface area contributed by atoms with Crippen molar-refractivity contribution in [2.75, 3.05) is 0 Å². The van der Waals surface area contributed by atoms with E-state index in [-0.39, 0.29) is 0 Å². The molecule has 0 aliphatic heterocycles. The minimum atomic E-state index is -5.59. The van der Waals surface area contributed by atoms with Crippen LogP contribution in [0.4, 0.5) is 13.2 Å². The van der Waals surface area contributed by atoms with Crippen molar-refractivity contribution in [3.8, 4) is 0 Å². The molecule has 0 saturated carbocycles. The second-order valence-electron chi connectivity index (χ2n) is 4.45. The maximum Gasteiger partial charge on any atom is 0.523 e.